The third kappa shape index (κ3) is 8.47. The number of nitrogens with one attached hydrogen (secondary N) is 1. The standard InChI is InChI=1S/C35H54N8O3/c1-7-28-34(43-14-8-9-25(23-43)22-30(44)46-35(3,4)5)39-33(31(38-28)32(36)45)37-26-10-11-29(24(2)21-26)42-15-12-27(13-16-42)41-19-17-40(6)18-20-41/h10-11,21,25,27H,7-9,12-20,22-23H2,1-6H3,(H2,36,45)(H,37,39)/t25-/m1/s1. The van der Waals surface area contributed by atoms with Crippen molar-refractivity contribution in [3.05, 3.63) is 35.2 Å². The number of ether oxygens (including phenoxy) is 1. The second-order valence-corrected chi connectivity index (χ2v) is 14.3. The van der Waals surface area contributed by atoms with Crippen LogP contribution in [0.15, 0.2) is 18.2 Å². The first kappa shape index (κ1) is 33.9. The maximum atomic E-state index is 12.6. The molecule has 0 spiro atoms. The maximum absolute atomic E-state index is 12.6. The first-order valence-electron chi connectivity index (χ1n) is 17.1. The summed E-state index contributed by atoms with van der Waals surface area (Å²) in [5.74, 6) is 0.457. The van der Waals surface area contributed by atoms with Crippen LogP contribution in [0.5, 0.6) is 0 Å². The van der Waals surface area contributed by atoms with E-state index in [9.17, 15) is 9.59 Å². The highest BCUT2D eigenvalue weighted by molar-refractivity contribution is 5.96. The number of rotatable bonds is 9. The molecule has 0 aliphatic carbocycles. The molecule has 2 aromatic rings. The maximum Gasteiger partial charge on any atom is 0.306 e. The Morgan fingerprint density at radius 2 is 1.72 bits per heavy atom. The minimum Gasteiger partial charge on any atom is -0.460 e. The number of aromatic nitrogens is 2. The van der Waals surface area contributed by atoms with Gasteiger partial charge in [-0.2, -0.15) is 0 Å². The van der Waals surface area contributed by atoms with Gasteiger partial charge in [0.1, 0.15) is 5.60 Å². The summed E-state index contributed by atoms with van der Waals surface area (Å²) in [6.45, 7) is 18.1. The summed E-state index contributed by atoms with van der Waals surface area (Å²) in [6.07, 6.45) is 5.23. The minimum absolute atomic E-state index is 0.135. The molecule has 1 aromatic carbocycles. The highest BCUT2D eigenvalue weighted by atomic mass is 16.6. The molecule has 252 valence electrons. The van der Waals surface area contributed by atoms with Crippen LogP contribution in [0.1, 0.15) is 81.5 Å². The Labute approximate surface area is 274 Å². The van der Waals surface area contributed by atoms with Crippen LogP contribution in [0.2, 0.25) is 0 Å². The van der Waals surface area contributed by atoms with Crippen LogP contribution in [0.4, 0.5) is 23.0 Å². The molecule has 0 bridgehead atoms. The Balaban J connectivity index is 1.29. The van der Waals surface area contributed by atoms with E-state index in [1.54, 1.807) is 0 Å². The van der Waals surface area contributed by atoms with E-state index in [4.69, 9.17) is 20.4 Å². The number of piperidine rings is 2. The van der Waals surface area contributed by atoms with Crippen molar-refractivity contribution < 1.29 is 14.3 Å². The molecule has 0 saturated carbocycles. The number of nitrogens with zero attached hydrogens (tertiary/aromatic N) is 6. The Kier molecular flexibility index (Phi) is 10.7. The summed E-state index contributed by atoms with van der Waals surface area (Å²) in [6, 6.07) is 6.99. The summed E-state index contributed by atoms with van der Waals surface area (Å²) < 4.78 is 5.59. The predicted molar refractivity (Wildman–Crippen MR) is 184 cm³/mol. The number of primary amides is 1. The Bertz CT molecular complexity index is 1380. The number of esters is 1. The van der Waals surface area contributed by atoms with E-state index < -0.39 is 11.5 Å². The van der Waals surface area contributed by atoms with Gasteiger partial charge in [0.15, 0.2) is 17.3 Å². The van der Waals surface area contributed by atoms with Crippen molar-refractivity contribution in [1.82, 2.24) is 19.8 Å². The lowest BCUT2D eigenvalue weighted by molar-refractivity contribution is -0.156. The molecule has 4 heterocycles. The normalized spacial score (nSPS) is 20.5. The molecule has 3 fully saturated rings. The van der Waals surface area contributed by atoms with Gasteiger partial charge in [0.2, 0.25) is 0 Å². The number of amides is 1. The number of carbonyl (C=O) groups is 2. The van der Waals surface area contributed by atoms with Gasteiger partial charge < -0.3 is 30.5 Å². The topological polar surface area (TPSA) is 120 Å². The summed E-state index contributed by atoms with van der Waals surface area (Å²) in [7, 11) is 2.21. The fourth-order valence-electron chi connectivity index (χ4n) is 7.14. The zero-order chi connectivity index (χ0) is 33.0. The molecular weight excluding hydrogens is 580 g/mol. The molecule has 3 N–H and O–H groups in total. The first-order chi connectivity index (χ1) is 21.9. The number of hydrogen-bond donors (Lipinski definition) is 2. The zero-order valence-electron chi connectivity index (χ0n) is 28.8. The Hall–Kier alpha value is -3.44. The van der Waals surface area contributed by atoms with E-state index in [0.29, 0.717) is 31.2 Å². The molecule has 0 radical (unpaired) electrons. The van der Waals surface area contributed by atoms with Crippen molar-refractivity contribution in [3.8, 4) is 0 Å². The van der Waals surface area contributed by atoms with Crippen molar-refractivity contribution >= 4 is 34.9 Å². The quantitative estimate of drug-likeness (QED) is 0.385. The third-order valence-corrected chi connectivity index (χ3v) is 9.53. The number of carbonyl (C=O) groups excluding carboxylic acids is 2. The molecular formula is C35H54N8O3. The summed E-state index contributed by atoms with van der Waals surface area (Å²) >= 11 is 0. The lowest BCUT2D eigenvalue weighted by atomic mass is 9.94. The first-order valence-corrected chi connectivity index (χ1v) is 17.1. The predicted octanol–water partition coefficient (Wildman–Crippen LogP) is 4.35. The number of anilines is 4. The smallest absolute Gasteiger partial charge is 0.306 e. The van der Waals surface area contributed by atoms with Crippen molar-refractivity contribution in [2.75, 3.05) is 74.5 Å². The second kappa shape index (κ2) is 14.5. The molecule has 46 heavy (non-hydrogen) atoms. The number of likely N-dealkylation sites (N-methyl/N-ethyl adjacent to an activating group) is 1. The van der Waals surface area contributed by atoms with Crippen LogP contribution in [-0.2, 0) is 16.0 Å². The van der Waals surface area contributed by atoms with Crippen LogP contribution >= 0.6 is 0 Å². The zero-order valence-corrected chi connectivity index (χ0v) is 28.8. The highest BCUT2D eigenvalue weighted by Crippen LogP contribution is 2.32. The number of benzene rings is 1. The second-order valence-electron chi connectivity index (χ2n) is 14.3. The molecule has 1 amide bonds. The van der Waals surface area contributed by atoms with Crippen LogP contribution in [0.3, 0.4) is 0 Å². The van der Waals surface area contributed by atoms with Gasteiger partial charge in [-0.15, -0.1) is 0 Å². The summed E-state index contributed by atoms with van der Waals surface area (Å²) in [5, 5.41) is 3.37. The number of hydrogen-bond acceptors (Lipinski definition) is 10. The molecule has 3 aliphatic heterocycles. The van der Waals surface area contributed by atoms with E-state index in [0.717, 1.165) is 62.8 Å². The van der Waals surface area contributed by atoms with Crippen molar-refractivity contribution in [1.29, 1.82) is 0 Å². The SMILES string of the molecule is CCc1nc(C(N)=O)c(Nc2ccc(N3CCC(N4CCN(C)CC4)CC3)c(C)c2)nc1N1CCC[C@H](CC(=O)OC(C)(C)C)C1. The molecule has 11 heteroatoms. The van der Waals surface area contributed by atoms with Crippen LogP contribution < -0.4 is 20.9 Å². The fourth-order valence-corrected chi connectivity index (χ4v) is 7.14. The van der Waals surface area contributed by atoms with E-state index in [1.165, 1.54) is 37.2 Å². The highest BCUT2D eigenvalue weighted by Gasteiger charge is 2.30. The molecule has 3 aliphatic rings. The van der Waals surface area contributed by atoms with Crippen LogP contribution in [0.25, 0.3) is 0 Å². The van der Waals surface area contributed by atoms with Crippen molar-refractivity contribution in [2.24, 2.45) is 11.7 Å². The van der Waals surface area contributed by atoms with E-state index >= 15 is 0 Å². The van der Waals surface area contributed by atoms with Crippen LogP contribution in [0, 0.1) is 12.8 Å². The molecule has 0 unspecified atom stereocenters. The average molecular weight is 635 g/mol. The molecule has 5 rings (SSSR count). The molecule has 1 atom stereocenters. The van der Waals surface area contributed by atoms with Gasteiger partial charge in [0, 0.05) is 69.8 Å². The Morgan fingerprint density at radius 3 is 2.35 bits per heavy atom. The van der Waals surface area contributed by atoms with E-state index in [1.807, 2.05) is 33.8 Å². The molecule has 11 nitrogen and oxygen atoms in total. The fraction of sp³-hybridized carbons (Fsp3) is 0.657. The van der Waals surface area contributed by atoms with Crippen LogP contribution in [-0.4, -0.2) is 103 Å². The lowest BCUT2D eigenvalue weighted by Crippen LogP contribution is -2.52. The van der Waals surface area contributed by atoms with Gasteiger partial charge in [-0.25, -0.2) is 9.97 Å². The number of aryl methyl sites for hydroxylation is 2. The summed E-state index contributed by atoms with van der Waals surface area (Å²) in [4.78, 5) is 44.6. The van der Waals surface area contributed by atoms with Gasteiger partial charge in [0.25, 0.3) is 5.91 Å². The van der Waals surface area contributed by atoms with Gasteiger partial charge >= 0.3 is 5.97 Å². The molecule has 1 aromatic heterocycles. The number of nitrogens with two attached hydrogens (primary N) is 1. The average Bonchev–Trinajstić information content (AvgIpc) is 3.00. The van der Waals surface area contributed by atoms with Gasteiger partial charge in [0.05, 0.1) is 12.1 Å². The monoisotopic (exact) mass is 634 g/mol. The third-order valence-electron chi connectivity index (χ3n) is 9.53. The summed E-state index contributed by atoms with van der Waals surface area (Å²) in [5.41, 5.74) is 9.42. The van der Waals surface area contributed by atoms with Gasteiger partial charge in [-0.1, -0.05) is 6.92 Å². The van der Waals surface area contributed by atoms with E-state index in [-0.39, 0.29) is 17.6 Å². The van der Waals surface area contributed by atoms with Gasteiger partial charge in [-0.3, -0.25) is 14.5 Å². The number of piperazine rings is 1. The van der Waals surface area contributed by atoms with Crippen molar-refractivity contribution in [2.45, 2.75) is 84.8 Å². The largest absolute Gasteiger partial charge is 0.460 e. The Morgan fingerprint density at radius 1 is 1.00 bits per heavy atom. The minimum atomic E-state index is -0.616. The van der Waals surface area contributed by atoms with E-state index in [2.05, 4.69) is 51.0 Å². The van der Waals surface area contributed by atoms with Crippen molar-refractivity contribution in [3.63, 3.8) is 0 Å². The molecule has 3 saturated heterocycles. The lowest BCUT2D eigenvalue weighted by Gasteiger charge is -2.43. The van der Waals surface area contributed by atoms with Gasteiger partial charge in [-0.05, 0) is 96.5 Å².